The fraction of sp³-hybridized carbons (Fsp3) is 0.368. The van der Waals surface area contributed by atoms with E-state index in [1.807, 2.05) is 41.7 Å². The van der Waals surface area contributed by atoms with Gasteiger partial charge >= 0.3 is 18.1 Å². The molecule has 1 unspecified atom stereocenters. The van der Waals surface area contributed by atoms with Gasteiger partial charge in [-0.3, -0.25) is 9.59 Å². The first-order chi connectivity index (χ1) is 13.7. The number of carboxylic acids is 1. The Morgan fingerprint density at radius 3 is 2.38 bits per heavy atom. The van der Waals surface area contributed by atoms with Crippen LogP contribution in [0.1, 0.15) is 16.6 Å². The summed E-state index contributed by atoms with van der Waals surface area (Å²) in [5.74, 6) is -1.60. The number of benzene rings is 2. The van der Waals surface area contributed by atoms with Crippen LogP contribution >= 0.6 is 23.5 Å². The van der Waals surface area contributed by atoms with Crippen molar-refractivity contribution in [3.63, 3.8) is 0 Å². The van der Waals surface area contributed by atoms with Crippen molar-refractivity contribution in [2.24, 2.45) is 0 Å². The van der Waals surface area contributed by atoms with Crippen molar-refractivity contribution in [1.82, 2.24) is 5.32 Å². The van der Waals surface area contributed by atoms with E-state index in [0.29, 0.717) is 11.5 Å². The number of methoxy groups -OCH3 is 1. The number of amides is 1. The molecule has 10 heteroatoms. The van der Waals surface area contributed by atoms with Crippen LogP contribution in [0.25, 0.3) is 10.8 Å². The van der Waals surface area contributed by atoms with E-state index >= 15 is 0 Å². The van der Waals surface area contributed by atoms with E-state index in [1.54, 1.807) is 7.11 Å². The summed E-state index contributed by atoms with van der Waals surface area (Å²) >= 11 is 2.76. The van der Waals surface area contributed by atoms with E-state index in [1.165, 1.54) is 23.5 Å². The van der Waals surface area contributed by atoms with Gasteiger partial charge in [-0.05, 0) is 17.0 Å². The molecule has 0 aliphatic carbocycles. The van der Waals surface area contributed by atoms with Gasteiger partial charge in [0.25, 0.3) is 0 Å². The lowest BCUT2D eigenvalue weighted by molar-refractivity contribution is -0.173. The normalized spacial score (nSPS) is 12.6. The number of carboxylic acid groups (broad SMARTS) is 1. The Morgan fingerprint density at radius 2 is 1.76 bits per heavy atom. The molecule has 0 bridgehead atoms. The molecule has 1 amide bonds. The number of ether oxygens (including phenoxy) is 1. The summed E-state index contributed by atoms with van der Waals surface area (Å²) in [6, 6.07) is 11.3. The topological polar surface area (TPSA) is 75.6 Å². The largest absolute Gasteiger partial charge is 0.496 e. The second kappa shape index (κ2) is 10.6. The molecular formula is C19H20F3NO4S2. The number of rotatable bonds is 10. The SMILES string of the molecule is COc1ccc(C(SCCNC(=O)C(F)(F)F)SCCC(=O)O)c2ccccc12. The first-order valence-corrected chi connectivity index (χ1v) is 10.7. The van der Waals surface area contributed by atoms with Crippen molar-refractivity contribution in [2.75, 3.05) is 25.2 Å². The number of carbonyl (C=O) groups is 2. The molecule has 0 aliphatic heterocycles. The zero-order valence-corrected chi connectivity index (χ0v) is 17.1. The third-order valence-electron chi connectivity index (χ3n) is 3.89. The fourth-order valence-corrected chi connectivity index (χ4v) is 5.26. The molecule has 0 fully saturated rings. The summed E-state index contributed by atoms with van der Waals surface area (Å²) in [6.45, 7) is -0.146. The van der Waals surface area contributed by atoms with Crippen LogP contribution in [0.4, 0.5) is 13.2 Å². The minimum atomic E-state index is -4.91. The number of halogens is 3. The number of fused-ring (bicyclic) bond motifs is 1. The van der Waals surface area contributed by atoms with Crippen LogP contribution in [0.3, 0.4) is 0 Å². The average Bonchev–Trinajstić information content (AvgIpc) is 2.68. The molecule has 0 saturated carbocycles. The maximum atomic E-state index is 12.3. The summed E-state index contributed by atoms with van der Waals surface area (Å²) in [6.07, 6.45) is -4.94. The maximum Gasteiger partial charge on any atom is 0.471 e. The van der Waals surface area contributed by atoms with E-state index in [2.05, 4.69) is 0 Å². The van der Waals surface area contributed by atoms with Gasteiger partial charge in [0, 0.05) is 23.4 Å². The zero-order chi connectivity index (χ0) is 21.4. The Balaban J connectivity index is 2.17. The van der Waals surface area contributed by atoms with Crippen LogP contribution in [-0.2, 0) is 9.59 Å². The molecule has 2 aromatic carbocycles. The van der Waals surface area contributed by atoms with Crippen molar-refractivity contribution in [3.8, 4) is 5.75 Å². The number of aliphatic carboxylic acids is 1. The van der Waals surface area contributed by atoms with Gasteiger partial charge in [0.2, 0.25) is 0 Å². The molecule has 0 aromatic heterocycles. The average molecular weight is 448 g/mol. The monoisotopic (exact) mass is 447 g/mol. The van der Waals surface area contributed by atoms with Gasteiger partial charge in [-0.15, -0.1) is 23.5 Å². The smallest absolute Gasteiger partial charge is 0.471 e. The van der Waals surface area contributed by atoms with E-state index in [-0.39, 0.29) is 23.3 Å². The van der Waals surface area contributed by atoms with E-state index in [0.717, 1.165) is 16.3 Å². The predicted molar refractivity (Wildman–Crippen MR) is 109 cm³/mol. The third kappa shape index (κ3) is 6.74. The molecule has 1 atom stereocenters. The van der Waals surface area contributed by atoms with Crippen LogP contribution in [0.5, 0.6) is 5.75 Å². The lowest BCUT2D eigenvalue weighted by Gasteiger charge is -2.20. The van der Waals surface area contributed by atoms with Gasteiger partial charge in [-0.1, -0.05) is 30.3 Å². The van der Waals surface area contributed by atoms with Gasteiger partial charge in [-0.25, -0.2) is 0 Å². The van der Waals surface area contributed by atoms with E-state index < -0.39 is 18.1 Å². The summed E-state index contributed by atoms with van der Waals surface area (Å²) in [5.41, 5.74) is 0.920. The number of carbonyl (C=O) groups excluding carboxylic acids is 1. The van der Waals surface area contributed by atoms with Crippen molar-refractivity contribution in [1.29, 1.82) is 0 Å². The lowest BCUT2D eigenvalue weighted by atomic mass is 10.0. The van der Waals surface area contributed by atoms with Gasteiger partial charge in [0.15, 0.2) is 0 Å². The molecule has 29 heavy (non-hydrogen) atoms. The predicted octanol–water partition coefficient (Wildman–Crippen LogP) is 4.47. The molecule has 0 radical (unpaired) electrons. The molecule has 0 spiro atoms. The Bertz CT molecular complexity index is 861. The van der Waals surface area contributed by atoms with Crippen molar-refractivity contribution in [3.05, 3.63) is 42.0 Å². The highest BCUT2D eigenvalue weighted by Gasteiger charge is 2.38. The molecule has 2 rings (SSSR count). The van der Waals surface area contributed by atoms with Gasteiger partial charge in [0.05, 0.1) is 18.1 Å². The molecule has 5 nitrogen and oxygen atoms in total. The van der Waals surface area contributed by atoms with Crippen LogP contribution in [0.15, 0.2) is 36.4 Å². The van der Waals surface area contributed by atoms with Crippen LogP contribution in [0.2, 0.25) is 0 Å². The van der Waals surface area contributed by atoms with Gasteiger partial charge in [-0.2, -0.15) is 13.2 Å². The number of thioether (sulfide) groups is 2. The van der Waals surface area contributed by atoms with E-state index in [4.69, 9.17) is 9.84 Å². The summed E-state index contributed by atoms with van der Waals surface area (Å²) < 4.78 is 42.1. The quantitative estimate of drug-likeness (QED) is 0.414. The second-order valence-corrected chi connectivity index (χ2v) is 8.60. The van der Waals surface area contributed by atoms with Gasteiger partial charge < -0.3 is 15.2 Å². The molecule has 158 valence electrons. The zero-order valence-electron chi connectivity index (χ0n) is 15.5. The Kier molecular flexibility index (Phi) is 8.51. The van der Waals surface area contributed by atoms with E-state index in [9.17, 15) is 22.8 Å². The highest BCUT2D eigenvalue weighted by atomic mass is 32.2. The highest BCUT2D eigenvalue weighted by Crippen LogP contribution is 2.44. The summed E-state index contributed by atoms with van der Waals surface area (Å²) in [4.78, 5) is 21.8. The Labute approximate surface area is 174 Å². The van der Waals surface area contributed by atoms with Gasteiger partial charge in [0.1, 0.15) is 5.75 Å². The molecule has 2 N–H and O–H groups in total. The second-order valence-electron chi connectivity index (χ2n) is 5.87. The minimum absolute atomic E-state index is 0.0272. The number of hydrogen-bond acceptors (Lipinski definition) is 5. The van der Waals surface area contributed by atoms with Crippen LogP contribution < -0.4 is 10.1 Å². The molecule has 0 heterocycles. The number of hydrogen-bond donors (Lipinski definition) is 2. The number of nitrogens with one attached hydrogen (secondary N) is 1. The third-order valence-corrected chi connectivity index (χ3v) is 6.70. The van der Waals surface area contributed by atoms with Crippen molar-refractivity contribution >= 4 is 46.2 Å². The van der Waals surface area contributed by atoms with Crippen molar-refractivity contribution in [2.45, 2.75) is 17.2 Å². The summed E-state index contributed by atoms with van der Waals surface area (Å²) in [5, 5.41) is 12.6. The standard InChI is InChI=1S/C19H20F3NO4S2/c1-27-15-7-6-14(12-4-2-3-5-13(12)15)17(28-10-8-16(24)25)29-11-9-23-18(26)19(20,21)22/h2-7,17H,8-11H2,1H3,(H,23,26)(H,24,25). The Hall–Kier alpha value is -2.07. The summed E-state index contributed by atoms with van der Waals surface area (Å²) in [7, 11) is 1.57. The fourth-order valence-electron chi connectivity index (χ4n) is 2.59. The van der Waals surface area contributed by atoms with Crippen LogP contribution in [0, 0.1) is 0 Å². The lowest BCUT2D eigenvalue weighted by Crippen LogP contribution is -2.37. The van der Waals surface area contributed by atoms with Crippen molar-refractivity contribution < 1.29 is 32.6 Å². The molecular weight excluding hydrogens is 427 g/mol. The molecule has 0 aliphatic rings. The first-order valence-electron chi connectivity index (χ1n) is 8.59. The first kappa shape index (κ1) is 23.2. The maximum absolute atomic E-state index is 12.3. The molecule has 2 aromatic rings. The number of alkyl halides is 3. The minimum Gasteiger partial charge on any atom is -0.496 e. The highest BCUT2D eigenvalue weighted by molar-refractivity contribution is 8.16. The Morgan fingerprint density at radius 1 is 1.10 bits per heavy atom. The molecule has 0 saturated heterocycles. The van der Waals surface area contributed by atoms with Crippen LogP contribution in [-0.4, -0.2) is 48.3 Å².